The second-order valence-electron chi connectivity index (χ2n) is 6.86. The van der Waals surface area contributed by atoms with Gasteiger partial charge in [-0.05, 0) is 12.1 Å². The minimum Gasteiger partial charge on any atom is -0.496 e. The lowest BCUT2D eigenvalue weighted by Crippen LogP contribution is -2.33. The highest BCUT2D eigenvalue weighted by molar-refractivity contribution is 5.88. The zero-order chi connectivity index (χ0) is 21.1. The molecule has 0 bridgehead atoms. The van der Waals surface area contributed by atoms with Crippen LogP contribution in [0.2, 0.25) is 0 Å². The topological polar surface area (TPSA) is 102 Å². The lowest BCUT2D eigenvalue weighted by Gasteiger charge is -2.21. The Morgan fingerprint density at radius 1 is 1.17 bits per heavy atom. The summed E-state index contributed by atoms with van der Waals surface area (Å²) in [6.45, 7) is 0. The molecule has 8 nitrogen and oxygen atoms in total. The van der Waals surface area contributed by atoms with Crippen LogP contribution in [-0.2, 0) is 18.3 Å². The van der Waals surface area contributed by atoms with Crippen LogP contribution in [0.25, 0.3) is 10.8 Å². The Balaban J connectivity index is 1.68. The average Bonchev–Trinajstić information content (AvgIpc) is 3.20. The number of benzene rings is 2. The number of ether oxygens (including phenoxy) is 1. The number of hydrogen-bond acceptors (Lipinski definition) is 5. The van der Waals surface area contributed by atoms with Gasteiger partial charge in [0.1, 0.15) is 17.6 Å². The number of hydrogen-bond donors (Lipinski definition) is 2. The van der Waals surface area contributed by atoms with E-state index in [4.69, 9.17) is 4.74 Å². The normalized spacial score (nSPS) is 11.9. The fourth-order valence-corrected chi connectivity index (χ4v) is 3.51. The van der Waals surface area contributed by atoms with E-state index < -0.39 is 6.04 Å². The Bertz CT molecular complexity index is 1260. The number of nitrogens with zero attached hydrogens (tertiary/aromatic N) is 3. The van der Waals surface area contributed by atoms with Crippen LogP contribution in [0.3, 0.4) is 0 Å². The van der Waals surface area contributed by atoms with Crippen molar-refractivity contribution < 1.29 is 9.53 Å². The summed E-state index contributed by atoms with van der Waals surface area (Å²) in [5, 5.41) is 10.8. The lowest BCUT2D eigenvalue weighted by atomic mass is 10.0. The van der Waals surface area contributed by atoms with Crippen LogP contribution < -0.4 is 15.6 Å². The first-order valence-corrected chi connectivity index (χ1v) is 9.44. The Labute approximate surface area is 172 Å². The van der Waals surface area contributed by atoms with Crippen molar-refractivity contribution in [2.45, 2.75) is 12.5 Å². The molecule has 2 aromatic carbocycles. The molecule has 0 fully saturated rings. The van der Waals surface area contributed by atoms with Gasteiger partial charge < -0.3 is 14.6 Å². The molecule has 0 unspecified atom stereocenters. The zero-order valence-corrected chi connectivity index (χ0v) is 16.6. The highest BCUT2D eigenvalue weighted by atomic mass is 16.5. The van der Waals surface area contributed by atoms with E-state index in [9.17, 15) is 9.59 Å². The van der Waals surface area contributed by atoms with E-state index in [1.54, 1.807) is 31.5 Å². The first-order valence-electron chi connectivity index (χ1n) is 9.44. The molecule has 152 valence electrons. The third-order valence-corrected chi connectivity index (χ3v) is 4.97. The highest BCUT2D eigenvalue weighted by Crippen LogP contribution is 2.29. The molecule has 0 saturated heterocycles. The molecular weight excluding hydrogens is 382 g/mol. The zero-order valence-electron chi connectivity index (χ0n) is 16.6. The summed E-state index contributed by atoms with van der Waals surface area (Å²) in [5.74, 6) is 1.07. The van der Waals surface area contributed by atoms with Gasteiger partial charge in [-0.15, -0.1) is 0 Å². The van der Waals surface area contributed by atoms with Crippen molar-refractivity contribution >= 4 is 16.7 Å². The fraction of sp³-hybridized carbons (Fsp3) is 0.182. The second kappa shape index (κ2) is 8.20. The first kappa shape index (κ1) is 19.4. The third kappa shape index (κ3) is 3.67. The van der Waals surface area contributed by atoms with Gasteiger partial charge in [0.05, 0.1) is 24.6 Å². The summed E-state index contributed by atoms with van der Waals surface area (Å²) in [4.78, 5) is 29.4. The number of aromatic nitrogens is 4. The molecule has 30 heavy (non-hydrogen) atoms. The smallest absolute Gasteiger partial charge is 0.272 e. The van der Waals surface area contributed by atoms with Crippen LogP contribution in [0, 0.1) is 0 Å². The predicted molar refractivity (Wildman–Crippen MR) is 112 cm³/mol. The lowest BCUT2D eigenvalue weighted by molar-refractivity contribution is -0.121. The SMILES string of the molecule is COc1ccccc1[C@H](NC(=O)Cc1n[nH]c(=O)c2ccccc12)c1nccn1C. The monoisotopic (exact) mass is 403 g/mol. The van der Waals surface area contributed by atoms with E-state index in [2.05, 4.69) is 20.5 Å². The Morgan fingerprint density at radius 3 is 2.63 bits per heavy atom. The summed E-state index contributed by atoms with van der Waals surface area (Å²) in [5.41, 5.74) is 1.01. The van der Waals surface area contributed by atoms with Gasteiger partial charge in [0.2, 0.25) is 5.91 Å². The molecule has 2 aromatic heterocycles. The van der Waals surface area contributed by atoms with E-state index in [0.29, 0.717) is 28.0 Å². The molecule has 1 amide bonds. The number of carbonyl (C=O) groups excluding carboxylic acids is 1. The van der Waals surface area contributed by atoms with Gasteiger partial charge in [-0.1, -0.05) is 36.4 Å². The largest absolute Gasteiger partial charge is 0.496 e. The molecular formula is C22H21N5O3. The number of aromatic amines is 1. The molecule has 0 aliphatic rings. The molecule has 8 heteroatoms. The predicted octanol–water partition coefficient (Wildman–Crippen LogP) is 2.11. The Kier molecular flexibility index (Phi) is 5.30. The highest BCUT2D eigenvalue weighted by Gasteiger charge is 2.24. The second-order valence-corrected chi connectivity index (χ2v) is 6.86. The number of para-hydroxylation sites is 1. The number of amides is 1. The molecule has 0 radical (unpaired) electrons. The van der Waals surface area contributed by atoms with Gasteiger partial charge in [0.25, 0.3) is 5.56 Å². The van der Waals surface area contributed by atoms with Gasteiger partial charge in [0.15, 0.2) is 0 Å². The molecule has 1 atom stereocenters. The van der Waals surface area contributed by atoms with Crippen LogP contribution in [0.4, 0.5) is 0 Å². The van der Waals surface area contributed by atoms with Gasteiger partial charge >= 0.3 is 0 Å². The molecule has 0 aliphatic heterocycles. The van der Waals surface area contributed by atoms with Crippen molar-refractivity contribution in [3.05, 3.63) is 88.4 Å². The van der Waals surface area contributed by atoms with E-state index in [0.717, 1.165) is 5.56 Å². The van der Waals surface area contributed by atoms with Crippen LogP contribution >= 0.6 is 0 Å². The maximum atomic E-state index is 13.0. The fourth-order valence-electron chi connectivity index (χ4n) is 3.51. The van der Waals surface area contributed by atoms with E-state index in [1.807, 2.05) is 48.1 Å². The van der Waals surface area contributed by atoms with Crippen LogP contribution in [0.1, 0.15) is 23.1 Å². The van der Waals surface area contributed by atoms with Gasteiger partial charge in [-0.3, -0.25) is 9.59 Å². The average molecular weight is 403 g/mol. The summed E-state index contributed by atoms with van der Waals surface area (Å²) in [6, 6.07) is 14.1. The maximum Gasteiger partial charge on any atom is 0.272 e. The van der Waals surface area contributed by atoms with Gasteiger partial charge in [-0.2, -0.15) is 5.10 Å². The number of aryl methyl sites for hydroxylation is 1. The van der Waals surface area contributed by atoms with Gasteiger partial charge in [-0.25, -0.2) is 10.1 Å². The Hall–Kier alpha value is -3.94. The number of fused-ring (bicyclic) bond motifs is 1. The van der Waals surface area contributed by atoms with E-state index in [-0.39, 0.29) is 17.9 Å². The number of methoxy groups -OCH3 is 1. The maximum absolute atomic E-state index is 13.0. The quantitative estimate of drug-likeness (QED) is 0.513. The molecule has 4 aromatic rings. The number of imidazole rings is 1. The Morgan fingerprint density at radius 2 is 1.90 bits per heavy atom. The third-order valence-electron chi connectivity index (χ3n) is 4.97. The van der Waals surface area contributed by atoms with Gasteiger partial charge in [0, 0.05) is 30.4 Å². The van der Waals surface area contributed by atoms with Crippen molar-refractivity contribution in [3.8, 4) is 5.75 Å². The number of H-pyrrole nitrogens is 1. The molecule has 4 rings (SSSR count). The summed E-state index contributed by atoms with van der Waals surface area (Å²) in [6.07, 6.45) is 3.51. The summed E-state index contributed by atoms with van der Waals surface area (Å²) in [7, 11) is 3.46. The van der Waals surface area contributed by atoms with Crippen molar-refractivity contribution in [1.29, 1.82) is 0 Å². The molecule has 2 heterocycles. The summed E-state index contributed by atoms with van der Waals surface area (Å²) >= 11 is 0. The molecule has 0 aliphatic carbocycles. The van der Waals surface area contributed by atoms with Crippen molar-refractivity contribution in [2.24, 2.45) is 7.05 Å². The van der Waals surface area contributed by atoms with Crippen LogP contribution in [0.15, 0.2) is 65.7 Å². The van der Waals surface area contributed by atoms with Crippen molar-refractivity contribution in [2.75, 3.05) is 7.11 Å². The standard InChI is InChI=1S/C22H21N5O3/c1-27-12-11-23-21(27)20(16-9-5-6-10-18(16)30-2)24-19(28)13-17-14-7-3-4-8-15(14)22(29)26-25-17/h3-12,20H,13H2,1-2H3,(H,24,28)(H,26,29)/t20-/m0/s1. The minimum atomic E-state index is -0.511. The van der Waals surface area contributed by atoms with Crippen molar-refractivity contribution in [1.82, 2.24) is 25.1 Å². The van der Waals surface area contributed by atoms with Crippen LogP contribution in [-0.4, -0.2) is 32.8 Å². The van der Waals surface area contributed by atoms with E-state index in [1.165, 1.54) is 0 Å². The molecule has 0 spiro atoms. The molecule has 2 N–H and O–H groups in total. The van der Waals surface area contributed by atoms with Crippen LogP contribution in [0.5, 0.6) is 5.75 Å². The number of carbonyl (C=O) groups is 1. The van der Waals surface area contributed by atoms with Crippen molar-refractivity contribution in [3.63, 3.8) is 0 Å². The molecule has 0 saturated carbocycles. The number of nitrogens with one attached hydrogen (secondary N) is 2. The first-order chi connectivity index (χ1) is 14.6. The van der Waals surface area contributed by atoms with E-state index >= 15 is 0 Å². The minimum absolute atomic E-state index is 0.00731. The number of rotatable bonds is 6. The summed E-state index contributed by atoms with van der Waals surface area (Å²) < 4.78 is 7.35.